The number of imidazole rings is 1. The summed E-state index contributed by atoms with van der Waals surface area (Å²) in [5, 5.41) is 0. The highest BCUT2D eigenvalue weighted by atomic mass is 32.2. The van der Waals surface area contributed by atoms with Gasteiger partial charge in [-0.2, -0.15) is 4.98 Å². The van der Waals surface area contributed by atoms with Crippen LogP contribution in [-0.4, -0.2) is 67.5 Å². The van der Waals surface area contributed by atoms with Crippen molar-refractivity contribution in [3.63, 3.8) is 0 Å². The van der Waals surface area contributed by atoms with Crippen LogP contribution in [0.15, 0.2) is 38.2 Å². The fraction of sp³-hybridized carbons (Fsp3) is 0.478. The number of nitrogens with zero attached hydrogens (tertiary/aromatic N) is 6. The van der Waals surface area contributed by atoms with Crippen LogP contribution in [0.4, 0.5) is 5.95 Å². The molecule has 1 atom stereocenters. The summed E-state index contributed by atoms with van der Waals surface area (Å²) in [5.74, 6) is 1.91. The molecule has 1 aliphatic heterocycles. The molecule has 0 amide bonds. The number of benzene rings is 1. The largest absolute Gasteiger partial charge is 0.340 e. The van der Waals surface area contributed by atoms with E-state index < -0.39 is 5.69 Å². The number of aromatic amines is 1. The molecule has 4 aromatic rings. The summed E-state index contributed by atoms with van der Waals surface area (Å²) in [4.78, 5) is 41.7. The molecule has 0 aliphatic carbocycles. The second-order valence-electron chi connectivity index (χ2n) is 8.80. The molecule has 180 valence electrons. The van der Waals surface area contributed by atoms with Crippen LogP contribution in [0.5, 0.6) is 0 Å². The maximum Gasteiger partial charge on any atom is 0.329 e. The number of H-pyrrole nitrogens is 1. The lowest BCUT2D eigenvalue weighted by Gasteiger charge is -2.35. The Hall–Kier alpha value is -2.63. The van der Waals surface area contributed by atoms with Crippen molar-refractivity contribution in [2.75, 3.05) is 43.4 Å². The molecule has 4 heterocycles. The summed E-state index contributed by atoms with van der Waals surface area (Å²) in [6.45, 7) is 9.62. The van der Waals surface area contributed by atoms with Gasteiger partial charge in [0.2, 0.25) is 5.95 Å². The first-order chi connectivity index (χ1) is 16.4. The van der Waals surface area contributed by atoms with Crippen LogP contribution < -0.4 is 16.1 Å². The molecule has 0 unspecified atom stereocenters. The Kier molecular flexibility index (Phi) is 6.50. The standard InChI is InChI=1S/C23H29N7O2S2/c1-4-28-9-11-29(12-10-28)21-25-19-18(20(31)26-22(32)27(19)3)30(21)13-15(2)14-33-23-24-16-7-5-6-8-17(16)34-23/h5-8,15H,4,9-14H2,1-3H3,(H,26,31,32)/t15-/m0/s1. The van der Waals surface area contributed by atoms with Gasteiger partial charge in [0.25, 0.3) is 5.56 Å². The van der Waals surface area contributed by atoms with Crippen molar-refractivity contribution in [3.05, 3.63) is 45.1 Å². The normalized spacial score (nSPS) is 16.0. The van der Waals surface area contributed by atoms with Crippen LogP contribution >= 0.6 is 23.1 Å². The van der Waals surface area contributed by atoms with Crippen molar-refractivity contribution in [2.45, 2.75) is 24.7 Å². The van der Waals surface area contributed by atoms with Gasteiger partial charge in [-0.3, -0.25) is 14.3 Å². The molecule has 9 nitrogen and oxygen atoms in total. The number of rotatable bonds is 7. The van der Waals surface area contributed by atoms with Crippen molar-refractivity contribution in [1.29, 1.82) is 0 Å². The number of thioether (sulfide) groups is 1. The molecule has 1 fully saturated rings. The highest BCUT2D eigenvalue weighted by molar-refractivity contribution is 8.01. The lowest BCUT2D eigenvalue weighted by atomic mass is 10.2. The van der Waals surface area contributed by atoms with Gasteiger partial charge < -0.3 is 14.4 Å². The number of fused-ring (bicyclic) bond motifs is 2. The second-order valence-corrected chi connectivity index (χ2v) is 11.1. The molecule has 11 heteroatoms. The van der Waals surface area contributed by atoms with Crippen LogP contribution in [0.25, 0.3) is 21.4 Å². The van der Waals surface area contributed by atoms with Gasteiger partial charge in [0.1, 0.15) is 0 Å². The first-order valence-corrected chi connectivity index (χ1v) is 13.4. The van der Waals surface area contributed by atoms with Crippen molar-refractivity contribution in [1.82, 2.24) is 29.0 Å². The predicted octanol–water partition coefficient (Wildman–Crippen LogP) is 2.60. The Morgan fingerprint density at radius 3 is 2.65 bits per heavy atom. The summed E-state index contributed by atoms with van der Waals surface area (Å²) in [7, 11) is 1.66. The fourth-order valence-electron chi connectivity index (χ4n) is 4.39. The minimum Gasteiger partial charge on any atom is -0.340 e. The third kappa shape index (κ3) is 4.39. The van der Waals surface area contributed by atoms with E-state index in [9.17, 15) is 9.59 Å². The average Bonchev–Trinajstić information content (AvgIpc) is 3.43. The Morgan fingerprint density at radius 1 is 1.15 bits per heavy atom. The lowest BCUT2D eigenvalue weighted by molar-refractivity contribution is 0.269. The smallest absolute Gasteiger partial charge is 0.329 e. The molecular formula is C23H29N7O2S2. The predicted molar refractivity (Wildman–Crippen MR) is 139 cm³/mol. The fourth-order valence-corrected chi connectivity index (χ4v) is 6.49. The molecule has 34 heavy (non-hydrogen) atoms. The van der Waals surface area contributed by atoms with E-state index in [2.05, 4.69) is 34.7 Å². The Bertz CT molecular complexity index is 1400. The number of thiazole rings is 1. The summed E-state index contributed by atoms with van der Waals surface area (Å²) < 4.78 is 5.69. The van der Waals surface area contributed by atoms with E-state index in [1.807, 2.05) is 22.8 Å². The molecule has 0 spiro atoms. The molecule has 3 aromatic heterocycles. The van der Waals surface area contributed by atoms with E-state index in [-0.39, 0.29) is 11.5 Å². The summed E-state index contributed by atoms with van der Waals surface area (Å²) >= 11 is 3.46. The number of aromatic nitrogens is 5. The molecule has 5 rings (SSSR count). The molecule has 0 bridgehead atoms. The van der Waals surface area contributed by atoms with Crippen molar-refractivity contribution < 1.29 is 0 Å². The number of hydrogen-bond acceptors (Lipinski definition) is 8. The zero-order chi connectivity index (χ0) is 23.8. The number of anilines is 1. The van der Waals surface area contributed by atoms with Crippen LogP contribution in [0.3, 0.4) is 0 Å². The van der Waals surface area contributed by atoms with Gasteiger partial charge in [-0.25, -0.2) is 9.78 Å². The number of piperazine rings is 1. The number of para-hydroxylation sites is 1. The lowest BCUT2D eigenvalue weighted by Crippen LogP contribution is -2.47. The van der Waals surface area contributed by atoms with E-state index in [1.54, 1.807) is 30.1 Å². The zero-order valence-electron chi connectivity index (χ0n) is 19.7. The van der Waals surface area contributed by atoms with Gasteiger partial charge in [0.05, 0.1) is 10.2 Å². The summed E-state index contributed by atoms with van der Waals surface area (Å²) in [6.07, 6.45) is 0. The van der Waals surface area contributed by atoms with Gasteiger partial charge >= 0.3 is 5.69 Å². The quantitative estimate of drug-likeness (QED) is 0.391. The number of likely N-dealkylation sites (N-methyl/N-ethyl adjacent to an activating group) is 1. The maximum absolute atomic E-state index is 12.9. The van der Waals surface area contributed by atoms with E-state index in [0.717, 1.165) is 54.3 Å². The molecule has 1 saturated heterocycles. The Labute approximate surface area is 205 Å². The van der Waals surface area contributed by atoms with Gasteiger partial charge in [-0.15, -0.1) is 11.3 Å². The zero-order valence-corrected chi connectivity index (χ0v) is 21.3. The van der Waals surface area contributed by atoms with E-state index in [1.165, 1.54) is 9.27 Å². The molecular weight excluding hydrogens is 470 g/mol. The Morgan fingerprint density at radius 2 is 1.91 bits per heavy atom. The third-order valence-corrected chi connectivity index (χ3v) is 8.86. The van der Waals surface area contributed by atoms with Gasteiger partial charge in [0, 0.05) is 45.5 Å². The van der Waals surface area contributed by atoms with Crippen molar-refractivity contribution in [3.8, 4) is 0 Å². The Balaban J connectivity index is 1.42. The van der Waals surface area contributed by atoms with Crippen molar-refractivity contribution >= 4 is 50.4 Å². The highest BCUT2D eigenvalue weighted by Crippen LogP contribution is 2.31. The number of aryl methyl sites for hydroxylation is 1. The van der Waals surface area contributed by atoms with Crippen LogP contribution in [0.1, 0.15) is 13.8 Å². The maximum atomic E-state index is 12.9. The van der Waals surface area contributed by atoms with Crippen LogP contribution in [0.2, 0.25) is 0 Å². The molecule has 1 aliphatic rings. The SMILES string of the molecule is CCN1CCN(c2nc3c(c(=O)[nH]c(=O)n3C)n2C[C@H](C)CSc2nc3ccccc3s2)CC1. The summed E-state index contributed by atoms with van der Waals surface area (Å²) in [5.41, 5.74) is 1.11. The number of nitrogens with one attached hydrogen (secondary N) is 1. The van der Waals surface area contributed by atoms with Crippen LogP contribution in [-0.2, 0) is 13.6 Å². The van der Waals surface area contributed by atoms with Crippen molar-refractivity contribution in [2.24, 2.45) is 13.0 Å². The van der Waals surface area contributed by atoms with E-state index in [4.69, 9.17) is 9.97 Å². The minimum absolute atomic E-state index is 0.265. The minimum atomic E-state index is -0.441. The second kappa shape index (κ2) is 9.55. The van der Waals surface area contributed by atoms with E-state index in [0.29, 0.717) is 17.7 Å². The molecule has 0 radical (unpaired) electrons. The van der Waals surface area contributed by atoms with Crippen LogP contribution in [0, 0.1) is 5.92 Å². The average molecular weight is 500 g/mol. The topological polar surface area (TPSA) is 92.0 Å². The van der Waals surface area contributed by atoms with Gasteiger partial charge in [-0.1, -0.05) is 37.7 Å². The highest BCUT2D eigenvalue weighted by Gasteiger charge is 2.25. The first-order valence-electron chi connectivity index (χ1n) is 11.6. The summed E-state index contributed by atoms with van der Waals surface area (Å²) in [6, 6.07) is 8.18. The molecule has 1 N–H and O–H groups in total. The number of hydrogen-bond donors (Lipinski definition) is 1. The first kappa shape index (κ1) is 23.1. The van der Waals surface area contributed by atoms with E-state index >= 15 is 0 Å². The molecule has 1 aromatic carbocycles. The monoisotopic (exact) mass is 499 g/mol. The van der Waals surface area contributed by atoms with Gasteiger partial charge in [-0.05, 0) is 24.6 Å². The third-order valence-electron chi connectivity index (χ3n) is 6.35. The molecule has 0 saturated carbocycles. The van der Waals surface area contributed by atoms with Gasteiger partial charge in [0.15, 0.2) is 15.5 Å².